The molecule has 1 N–H and O–H groups in total. The van der Waals surface area contributed by atoms with Crippen LogP contribution in [0.4, 0.5) is 5.69 Å². The molecule has 0 saturated carbocycles. The first-order chi connectivity index (χ1) is 14.0. The Bertz CT molecular complexity index is 1100. The molecule has 0 bridgehead atoms. The Labute approximate surface area is 177 Å². The minimum atomic E-state index is -0.717. The maximum Gasteiger partial charge on any atom is 0.300 e. The lowest BCUT2D eigenvalue weighted by atomic mass is 9.95. The van der Waals surface area contributed by atoms with E-state index in [0.717, 1.165) is 15.6 Å². The highest BCUT2D eigenvalue weighted by atomic mass is 79.9. The first kappa shape index (κ1) is 19.2. The van der Waals surface area contributed by atoms with Crippen molar-refractivity contribution in [2.75, 3.05) is 4.90 Å². The van der Waals surface area contributed by atoms with Gasteiger partial charge in [-0.15, -0.1) is 0 Å². The molecule has 0 radical (unpaired) electrons. The van der Waals surface area contributed by atoms with Crippen LogP contribution in [-0.2, 0) is 9.59 Å². The summed E-state index contributed by atoms with van der Waals surface area (Å²) in [5, 5.41) is 11.0. The number of carbonyl (C=O) groups is 2. The maximum absolute atomic E-state index is 13.0. The summed E-state index contributed by atoms with van der Waals surface area (Å²) < 4.78 is 0.886. The number of ketones is 1. The molecule has 3 aromatic carbocycles. The number of rotatable bonds is 3. The first-order valence-electron chi connectivity index (χ1n) is 9.16. The molecule has 1 amide bonds. The van der Waals surface area contributed by atoms with Gasteiger partial charge in [-0.1, -0.05) is 76.1 Å². The molecular weight excluding hydrogens is 430 g/mol. The van der Waals surface area contributed by atoms with Gasteiger partial charge in [0.15, 0.2) is 0 Å². The van der Waals surface area contributed by atoms with Crippen LogP contribution in [0.3, 0.4) is 0 Å². The van der Waals surface area contributed by atoms with Gasteiger partial charge in [-0.25, -0.2) is 0 Å². The van der Waals surface area contributed by atoms with Gasteiger partial charge in [0.05, 0.1) is 11.6 Å². The Morgan fingerprint density at radius 3 is 2.14 bits per heavy atom. The van der Waals surface area contributed by atoms with Crippen molar-refractivity contribution in [1.29, 1.82) is 0 Å². The summed E-state index contributed by atoms with van der Waals surface area (Å²) in [4.78, 5) is 27.5. The number of aryl methyl sites for hydroxylation is 1. The van der Waals surface area contributed by atoms with Crippen molar-refractivity contribution >= 4 is 39.1 Å². The quantitative estimate of drug-likeness (QED) is 0.332. The Morgan fingerprint density at radius 2 is 1.52 bits per heavy atom. The number of halogens is 1. The second-order valence-electron chi connectivity index (χ2n) is 6.92. The molecule has 0 aromatic heterocycles. The molecule has 1 aliphatic heterocycles. The number of benzene rings is 3. The maximum atomic E-state index is 13.0. The van der Waals surface area contributed by atoms with Crippen molar-refractivity contribution in [2.45, 2.75) is 13.0 Å². The van der Waals surface area contributed by atoms with Gasteiger partial charge in [0.25, 0.3) is 11.7 Å². The lowest BCUT2D eigenvalue weighted by Crippen LogP contribution is -2.29. The molecule has 5 heteroatoms. The summed E-state index contributed by atoms with van der Waals surface area (Å²) >= 11 is 3.42. The number of Topliss-reactive ketones (excluding diaryl/α,β-unsaturated/α-hetero) is 1. The molecule has 1 saturated heterocycles. The van der Waals surface area contributed by atoms with Crippen LogP contribution in [0.1, 0.15) is 22.7 Å². The molecule has 144 valence electrons. The molecule has 3 aromatic rings. The number of amides is 1. The van der Waals surface area contributed by atoms with Gasteiger partial charge < -0.3 is 5.11 Å². The van der Waals surface area contributed by atoms with E-state index in [4.69, 9.17) is 0 Å². The van der Waals surface area contributed by atoms with Crippen molar-refractivity contribution in [3.05, 3.63) is 106 Å². The Balaban J connectivity index is 1.94. The van der Waals surface area contributed by atoms with E-state index in [9.17, 15) is 14.7 Å². The topological polar surface area (TPSA) is 57.6 Å². The highest BCUT2D eigenvalue weighted by Gasteiger charge is 2.46. The van der Waals surface area contributed by atoms with Crippen LogP contribution in [0.25, 0.3) is 5.76 Å². The van der Waals surface area contributed by atoms with Crippen molar-refractivity contribution in [1.82, 2.24) is 0 Å². The molecule has 0 spiro atoms. The van der Waals surface area contributed by atoms with Gasteiger partial charge in [-0.05, 0) is 36.8 Å². The Hall–Kier alpha value is -3.18. The number of carbonyl (C=O) groups excluding carboxylic acids is 2. The van der Waals surface area contributed by atoms with Crippen molar-refractivity contribution < 1.29 is 14.7 Å². The summed E-state index contributed by atoms with van der Waals surface area (Å²) in [7, 11) is 0. The number of aliphatic hydroxyl groups excluding tert-OH is 1. The monoisotopic (exact) mass is 447 g/mol. The molecular formula is C24H18BrNO3. The number of hydrogen-bond donors (Lipinski definition) is 1. The van der Waals surface area contributed by atoms with Gasteiger partial charge >= 0.3 is 0 Å². The lowest BCUT2D eigenvalue weighted by Gasteiger charge is -2.25. The summed E-state index contributed by atoms with van der Waals surface area (Å²) in [6.07, 6.45) is 0. The van der Waals surface area contributed by atoms with Gasteiger partial charge in [-0.2, -0.15) is 0 Å². The minimum Gasteiger partial charge on any atom is -0.507 e. The van der Waals surface area contributed by atoms with Crippen LogP contribution in [0.5, 0.6) is 0 Å². The zero-order valence-corrected chi connectivity index (χ0v) is 17.3. The number of aliphatic hydroxyl groups is 1. The van der Waals surface area contributed by atoms with E-state index in [0.29, 0.717) is 11.3 Å². The Morgan fingerprint density at radius 1 is 0.897 bits per heavy atom. The van der Waals surface area contributed by atoms with E-state index in [1.165, 1.54) is 4.90 Å². The van der Waals surface area contributed by atoms with Crippen molar-refractivity contribution in [3.8, 4) is 0 Å². The molecule has 4 rings (SSSR count). The van der Waals surface area contributed by atoms with E-state index in [1.54, 1.807) is 24.3 Å². The molecule has 0 aliphatic carbocycles. The van der Waals surface area contributed by atoms with Crippen LogP contribution in [0.2, 0.25) is 0 Å². The molecule has 29 heavy (non-hydrogen) atoms. The largest absolute Gasteiger partial charge is 0.507 e. The van der Waals surface area contributed by atoms with E-state index in [-0.39, 0.29) is 11.3 Å². The predicted molar refractivity (Wildman–Crippen MR) is 117 cm³/mol. The van der Waals surface area contributed by atoms with Gasteiger partial charge in [0.1, 0.15) is 5.76 Å². The van der Waals surface area contributed by atoms with Crippen LogP contribution in [0.15, 0.2) is 88.9 Å². The van der Waals surface area contributed by atoms with Crippen molar-refractivity contribution in [3.63, 3.8) is 0 Å². The fourth-order valence-corrected chi connectivity index (χ4v) is 3.78. The standard InChI is InChI=1S/C24H18BrNO3/c1-15-7-13-19(14-8-15)26-21(16-9-11-18(25)12-10-16)20(23(28)24(26)29)22(27)17-5-3-2-4-6-17/h2-14,21,27H,1H3/b22-20+. The normalized spacial score (nSPS) is 18.3. The van der Waals surface area contributed by atoms with E-state index in [2.05, 4.69) is 15.9 Å². The van der Waals surface area contributed by atoms with E-state index < -0.39 is 17.7 Å². The molecule has 1 aliphatic rings. The summed E-state index contributed by atoms with van der Waals surface area (Å²) in [6, 6.07) is 22.9. The highest BCUT2D eigenvalue weighted by Crippen LogP contribution is 2.42. The third-order valence-corrected chi connectivity index (χ3v) is 5.52. The van der Waals surface area contributed by atoms with Crippen molar-refractivity contribution in [2.24, 2.45) is 0 Å². The molecule has 4 nitrogen and oxygen atoms in total. The third kappa shape index (κ3) is 3.49. The molecule has 1 atom stereocenters. The van der Waals surface area contributed by atoms with Crippen LogP contribution in [-0.4, -0.2) is 16.8 Å². The van der Waals surface area contributed by atoms with Gasteiger partial charge in [0, 0.05) is 15.7 Å². The molecule has 1 fully saturated rings. The zero-order valence-electron chi connectivity index (χ0n) is 15.7. The highest BCUT2D eigenvalue weighted by molar-refractivity contribution is 9.10. The second kappa shape index (κ2) is 7.68. The van der Waals surface area contributed by atoms with Crippen LogP contribution in [0, 0.1) is 6.92 Å². The smallest absolute Gasteiger partial charge is 0.300 e. The lowest BCUT2D eigenvalue weighted by molar-refractivity contribution is -0.132. The van der Waals surface area contributed by atoms with Crippen LogP contribution < -0.4 is 4.90 Å². The SMILES string of the molecule is Cc1ccc(N2C(=O)C(=O)/C(=C(/O)c3ccccc3)C2c2ccc(Br)cc2)cc1. The average molecular weight is 448 g/mol. The number of anilines is 1. The average Bonchev–Trinajstić information content (AvgIpc) is 3.00. The second-order valence-corrected chi connectivity index (χ2v) is 7.84. The summed E-state index contributed by atoms with van der Waals surface area (Å²) in [5.41, 5.74) is 2.98. The van der Waals surface area contributed by atoms with Crippen LogP contribution >= 0.6 is 15.9 Å². The predicted octanol–water partition coefficient (Wildman–Crippen LogP) is 5.38. The Kier molecular flexibility index (Phi) is 5.07. The van der Waals surface area contributed by atoms with Gasteiger partial charge in [-0.3, -0.25) is 14.5 Å². The fourth-order valence-electron chi connectivity index (χ4n) is 3.52. The van der Waals surface area contributed by atoms with E-state index >= 15 is 0 Å². The molecule has 1 heterocycles. The van der Waals surface area contributed by atoms with E-state index in [1.807, 2.05) is 61.5 Å². The first-order valence-corrected chi connectivity index (χ1v) is 9.95. The molecule has 1 unspecified atom stereocenters. The number of hydrogen-bond acceptors (Lipinski definition) is 3. The summed E-state index contributed by atoms with van der Waals surface area (Å²) in [6.45, 7) is 1.96. The van der Waals surface area contributed by atoms with Gasteiger partial charge in [0.2, 0.25) is 0 Å². The summed E-state index contributed by atoms with van der Waals surface area (Å²) in [5.74, 6) is -1.52. The fraction of sp³-hybridized carbons (Fsp3) is 0.0833. The number of nitrogens with zero attached hydrogens (tertiary/aromatic N) is 1. The minimum absolute atomic E-state index is 0.0871. The third-order valence-electron chi connectivity index (χ3n) is 4.99. The zero-order chi connectivity index (χ0) is 20.5.